The molecule has 1 aliphatic heterocycles. The van der Waals surface area contributed by atoms with Crippen LogP contribution in [0.1, 0.15) is 18.4 Å². The molecule has 1 amide bonds. The van der Waals surface area contributed by atoms with E-state index in [0.29, 0.717) is 5.69 Å². The lowest BCUT2D eigenvalue weighted by Gasteiger charge is -2.32. The molecule has 0 spiro atoms. The maximum atomic E-state index is 12.5. The number of amides is 1. The van der Waals surface area contributed by atoms with E-state index in [-0.39, 0.29) is 31.8 Å². The Morgan fingerprint density at radius 3 is 2.52 bits per heavy atom. The van der Waals surface area contributed by atoms with E-state index in [9.17, 15) is 18.0 Å². The van der Waals surface area contributed by atoms with Crippen molar-refractivity contribution in [1.82, 2.24) is 4.90 Å². The molecule has 0 atom stereocenters. The van der Waals surface area contributed by atoms with Crippen molar-refractivity contribution in [3.63, 3.8) is 0 Å². The molecular weight excluding hydrogens is 281 g/mol. The van der Waals surface area contributed by atoms with Crippen molar-refractivity contribution < 1.29 is 18.0 Å². The van der Waals surface area contributed by atoms with Crippen molar-refractivity contribution in [3.05, 3.63) is 35.9 Å². The number of benzene rings is 1. The molecule has 0 aliphatic carbocycles. The number of carbonyl (C=O) groups excluding carboxylic acids is 1. The average Bonchev–Trinajstić information content (AvgIpc) is 2.44. The van der Waals surface area contributed by atoms with E-state index >= 15 is 0 Å². The molecule has 3 nitrogen and oxygen atoms in total. The molecule has 114 valence electrons. The van der Waals surface area contributed by atoms with Crippen molar-refractivity contribution in [1.29, 1.82) is 0 Å². The number of nitrogen functional groups attached to an aromatic ring is 1. The molecule has 0 radical (unpaired) electrons. The lowest BCUT2D eigenvalue weighted by Crippen LogP contribution is -2.41. The van der Waals surface area contributed by atoms with Crippen molar-refractivity contribution in [3.8, 4) is 0 Å². The van der Waals surface area contributed by atoms with Crippen LogP contribution in [0.3, 0.4) is 0 Å². The standard InChI is InChI=1S/C15H17F3N2O/c16-15(17,18)12-6-8-20(9-7-12)14(21)5-4-11-2-1-3-13(19)10-11/h1-5,10,12H,6-9,19H2/b5-4+. The summed E-state index contributed by atoms with van der Waals surface area (Å²) in [6.45, 7) is 0.286. The zero-order chi connectivity index (χ0) is 15.5. The number of alkyl halides is 3. The van der Waals surface area contributed by atoms with E-state index in [4.69, 9.17) is 5.73 Å². The van der Waals surface area contributed by atoms with Gasteiger partial charge in [0.05, 0.1) is 5.92 Å². The number of nitrogens with zero attached hydrogens (tertiary/aromatic N) is 1. The monoisotopic (exact) mass is 298 g/mol. The molecule has 2 N–H and O–H groups in total. The highest BCUT2D eigenvalue weighted by Crippen LogP contribution is 2.34. The first-order chi connectivity index (χ1) is 9.86. The maximum absolute atomic E-state index is 12.5. The minimum atomic E-state index is -4.16. The summed E-state index contributed by atoms with van der Waals surface area (Å²) in [7, 11) is 0. The smallest absolute Gasteiger partial charge is 0.391 e. The summed E-state index contributed by atoms with van der Waals surface area (Å²) >= 11 is 0. The number of carbonyl (C=O) groups is 1. The fraction of sp³-hybridized carbons (Fsp3) is 0.400. The van der Waals surface area contributed by atoms with Gasteiger partial charge in [-0.2, -0.15) is 13.2 Å². The molecule has 1 saturated heterocycles. The third-order valence-electron chi connectivity index (χ3n) is 3.60. The molecule has 2 rings (SSSR count). The van der Waals surface area contributed by atoms with Crippen LogP contribution < -0.4 is 5.73 Å². The van der Waals surface area contributed by atoms with Crippen molar-refractivity contribution in [2.75, 3.05) is 18.8 Å². The Morgan fingerprint density at radius 2 is 1.95 bits per heavy atom. The van der Waals surface area contributed by atoms with Gasteiger partial charge in [0.2, 0.25) is 5.91 Å². The van der Waals surface area contributed by atoms with E-state index in [1.54, 1.807) is 30.3 Å². The highest BCUT2D eigenvalue weighted by Gasteiger charge is 2.41. The van der Waals surface area contributed by atoms with Gasteiger partial charge in [-0.3, -0.25) is 4.79 Å². The number of halogens is 3. The zero-order valence-corrected chi connectivity index (χ0v) is 11.4. The fourth-order valence-electron chi connectivity index (χ4n) is 2.36. The van der Waals surface area contributed by atoms with E-state index in [0.717, 1.165) is 5.56 Å². The normalized spacial score (nSPS) is 17.4. The molecule has 0 aromatic heterocycles. The van der Waals surface area contributed by atoms with Crippen LogP contribution in [-0.2, 0) is 4.79 Å². The first-order valence-electron chi connectivity index (χ1n) is 6.75. The predicted molar refractivity (Wildman–Crippen MR) is 75.2 cm³/mol. The number of nitrogens with two attached hydrogens (primary N) is 1. The molecule has 21 heavy (non-hydrogen) atoms. The number of hydrogen-bond donors (Lipinski definition) is 1. The fourth-order valence-corrected chi connectivity index (χ4v) is 2.36. The van der Waals surface area contributed by atoms with Crippen LogP contribution in [0.5, 0.6) is 0 Å². The molecule has 1 heterocycles. The van der Waals surface area contributed by atoms with Gasteiger partial charge < -0.3 is 10.6 Å². The Balaban J connectivity index is 1.91. The van der Waals surface area contributed by atoms with Crippen LogP contribution in [0, 0.1) is 5.92 Å². The van der Waals surface area contributed by atoms with Crippen LogP contribution >= 0.6 is 0 Å². The summed E-state index contributed by atoms with van der Waals surface area (Å²) in [6, 6.07) is 7.03. The van der Waals surface area contributed by atoms with Crippen LogP contribution in [0.25, 0.3) is 6.08 Å². The van der Waals surface area contributed by atoms with Gasteiger partial charge in [-0.15, -0.1) is 0 Å². The maximum Gasteiger partial charge on any atom is 0.391 e. The molecule has 1 aliphatic rings. The van der Waals surface area contributed by atoms with Gasteiger partial charge in [0.15, 0.2) is 0 Å². The molecule has 0 unspecified atom stereocenters. The minimum absolute atomic E-state index is 0.0264. The number of hydrogen-bond acceptors (Lipinski definition) is 2. The molecule has 6 heteroatoms. The van der Waals surface area contributed by atoms with Crippen LogP contribution in [-0.4, -0.2) is 30.1 Å². The van der Waals surface area contributed by atoms with Gasteiger partial charge >= 0.3 is 6.18 Å². The van der Waals surface area contributed by atoms with Crippen molar-refractivity contribution in [2.45, 2.75) is 19.0 Å². The summed E-state index contributed by atoms with van der Waals surface area (Å²) < 4.78 is 37.6. The Labute approximate surface area is 121 Å². The third kappa shape index (κ3) is 4.24. The summed E-state index contributed by atoms with van der Waals surface area (Å²) in [5, 5.41) is 0. The Bertz CT molecular complexity index is 532. The largest absolute Gasteiger partial charge is 0.399 e. The van der Waals surface area contributed by atoms with Gasteiger partial charge in [0.25, 0.3) is 0 Å². The third-order valence-corrected chi connectivity index (χ3v) is 3.60. The molecule has 0 saturated carbocycles. The number of rotatable bonds is 2. The molecule has 0 bridgehead atoms. The highest BCUT2D eigenvalue weighted by molar-refractivity contribution is 5.91. The topological polar surface area (TPSA) is 46.3 Å². The van der Waals surface area contributed by atoms with Gasteiger partial charge in [0, 0.05) is 24.9 Å². The first kappa shape index (κ1) is 15.4. The van der Waals surface area contributed by atoms with Gasteiger partial charge in [-0.05, 0) is 36.6 Å². The zero-order valence-electron chi connectivity index (χ0n) is 11.4. The molecule has 1 fully saturated rings. The summed E-state index contributed by atoms with van der Waals surface area (Å²) in [4.78, 5) is 13.4. The highest BCUT2D eigenvalue weighted by atomic mass is 19.4. The van der Waals surface area contributed by atoms with E-state index in [1.165, 1.54) is 11.0 Å². The number of piperidine rings is 1. The van der Waals surface area contributed by atoms with Gasteiger partial charge in [-0.25, -0.2) is 0 Å². The summed E-state index contributed by atoms with van der Waals surface area (Å²) in [5.74, 6) is -1.56. The minimum Gasteiger partial charge on any atom is -0.399 e. The van der Waals surface area contributed by atoms with Crippen LogP contribution in [0.15, 0.2) is 30.3 Å². The van der Waals surface area contributed by atoms with E-state index in [2.05, 4.69) is 0 Å². The second-order valence-electron chi connectivity index (χ2n) is 5.14. The van der Waals surface area contributed by atoms with Crippen molar-refractivity contribution in [2.24, 2.45) is 5.92 Å². The van der Waals surface area contributed by atoms with Gasteiger partial charge in [-0.1, -0.05) is 12.1 Å². The SMILES string of the molecule is Nc1cccc(/C=C/C(=O)N2CCC(C(F)(F)F)CC2)c1. The van der Waals surface area contributed by atoms with Crippen LogP contribution in [0.4, 0.5) is 18.9 Å². The number of likely N-dealkylation sites (tertiary alicyclic amines) is 1. The van der Waals surface area contributed by atoms with Crippen LogP contribution in [0.2, 0.25) is 0 Å². The lowest BCUT2D eigenvalue weighted by atomic mass is 9.96. The molecular formula is C15H17F3N2O. The quantitative estimate of drug-likeness (QED) is 0.673. The predicted octanol–water partition coefficient (Wildman–Crippen LogP) is 3.08. The summed E-state index contributed by atoms with van der Waals surface area (Å²) in [5.41, 5.74) is 7.01. The summed E-state index contributed by atoms with van der Waals surface area (Å²) in [6.07, 6.45) is -1.22. The Kier molecular flexibility index (Phi) is 4.55. The Hall–Kier alpha value is -1.98. The van der Waals surface area contributed by atoms with Gasteiger partial charge in [0.1, 0.15) is 0 Å². The molecule has 1 aromatic rings. The second kappa shape index (κ2) is 6.20. The first-order valence-corrected chi connectivity index (χ1v) is 6.75. The second-order valence-corrected chi connectivity index (χ2v) is 5.14. The van der Waals surface area contributed by atoms with Crippen molar-refractivity contribution >= 4 is 17.7 Å². The average molecular weight is 298 g/mol. The number of anilines is 1. The van der Waals surface area contributed by atoms with E-state index in [1.807, 2.05) is 0 Å². The van der Waals surface area contributed by atoms with E-state index < -0.39 is 12.1 Å². The lowest BCUT2D eigenvalue weighted by molar-refractivity contribution is -0.186. The molecule has 1 aromatic carbocycles. The Morgan fingerprint density at radius 1 is 1.29 bits per heavy atom.